The number of hydrogen-bond donors (Lipinski definition) is 3. The number of morpholine rings is 1. The third-order valence-corrected chi connectivity index (χ3v) is 9.01. The molecule has 0 aliphatic carbocycles. The highest BCUT2D eigenvalue weighted by Crippen LogP contribution is 2.37. The first-order valence-corrected chi connectivity index (χ1v) is 15.7. The first-order valence-electron chi connectivity index (χ1n) is 15.7. The highest BCUT2D eigenvalue weighted by atomic mass is 16.6. The molecule has 12 nitrogen and oxygen atoms in total. The minimum atomic E-state index is -1.99. The van der Waals surface area contributed by atoms with Crippen molar-refractivity contribution in [3.8, 4) is 17.8 Å². The molecular weight excluding hydrogens is 586 g/mol. The summed E-state index contributed by atoms with van der Waals surface area (Å²) in [6.45, 7) is 12.6. The molecule has 0 amide bonds. The maximum Gasteiger partial charge on any atom is 0.318 e. The molecule has 4 heterocycles. The number of aromatic nitrogens is 2. The molecule has 242 valence electrons. The van der Waals surface area contributed by atoms with Crippen LogP contribution in [0.25, 0.3) is 10.8 Å². The summed E-state index contributed by atoms with van der Waals surface area (Å²) >= 11 is 0. The Bertz CT molecular complexity index is 1640. The number of aliphatic hydroxyl groups is 2. The predicted octanol–water partition coefficient (Wildman–Crippen LogP) is 2.74. The van der Waals surface area contributed by atoms with Crippen molar-refractivity contribution in [1.82, 2.24) is 19.8 Å². The SMILES string of the molecule is C=CC(=C)N1CCN(c2nc(OCCCN3CCOCC3(O)O)nc3c2CCN(c2cc(O)cc4ccccc24)C3)CC1CC#N. The largest absolute Gasteiger partial charge is 0.508 e. The van der Waals surface area contributed by atoms with E-state index in [0.29, 0.717) is 65.1 Å². The van der Waals surface area contributed by atoms with Gasteiger partial charge in [-0.05, 0) is 30.4 Å². The number of piperazine rings is 1. The van der Waals surface area contributed by atoms with Crippen LogP contribution in [0.1, 0.15) is 24.1 Å². The molecule has 0 saturated carbocycles. The lowest BCUT2D eigenvalue weighted by atomic mass is 10.0. The Hall–Kier alpha value is -4.41. The number of phenolic OH excluding ortho intramolecular Hbond substituents is 1. The van der Waals surface area contributed by atoms with Crippen molar-refractivity contribution < 1.29 is 24.8 Å². The van der Waals surface area contributed by atoms with Gasteiger partial charge in [-0.25, -0.2) is 4.90 Å². The third kappa shape index (κ3) is 6.59. The first-order chi connectivity index (χ1) is 22.3. The molecule has 6 rings (SSSR count). The van der Waals surface area contributed by atoms with E-state index in [-0.39, 0.29) is 31.0 Å². The number of aromatic hydroxyl groups is 1. The van der Waals surface area contributed by atoms with Gasteiger partial charge in [0.15, 0.2) is 0 Å². The molecule has 2 aromatic carbocycles. The van der Waals surface area contributed by atoms with E-state index in [2.05, 4.69) is 40.0 Å². The molecule has 46 heavy (non-hydrogen) atoms. The van der Waals surface area contributed by atoms with Crippen molar-refractivity contribution in [2.75, 3.05) is 68.9 Å². The van der Waals surface area contributed by atoms with Gasteiger partial charge in [0.25, 0.3) is 0 Å². The van der Waals surface area contributed by atoms with Gasteiger partial charge in [0.2, 0.25) is 5.91 Å². The molecule has 12 heteroatoms. The number of nitriles is 1. The quantitative estimate of drug-likeness (QED) is 0.173. The van der Waals surface area contributed by atoms with Crippen LogP contribution < -0.4 is 14.5 Å². The van der Waals surface area contributed by atoms with Crippen molar-refractivity contribution in [1.29, 1.82) is 5.26 Å². The molecule has 3 N–H and O–H groups in total. The van der Waals surface area contributed by atoms with Crippen molar-refractivity contribution in [3.63, 3.8) is 0 Å². The Morgan fingerprint density at radius 1 is 1.15 bits per heavy atom. The number of anilines is 2. The molecule has 1 atom stereocenters. The predicted molar refractivity (Wildman–Crippen MR) is 174 cm³/mol. The maximum atomic E-state index is 10.5. The fourth-order valence-corrected chi connectivity index (χ4v) is 6.64. The molecule has 2 saturated heterocycles. The molecular formula is C34H41N7O5. The summed E-state index contributed by atoms with van der Waals surface area (Å²) in [6, 6.07) is 14.1. The van der Waals surface area contributed by atoms with E-state index in [1.54, 1.807) is 23.1 Å². The van der Waals surface area contributed by atoms with Crippen molar-refractivity contribution in [2.24, 2.45) is 0 Å². The van der Waals surface area contributed by atoms with Gasteiger partial charge in [0, 0.05) is 67.7 Å². The van der Waals surface area contributed by atoms with E-state index in [0.717, 1.165) is 45.8 Å². The Morgan fingerprint density at radius 2 is 2.00 bits per heavy atom. The van der Waals surface area contributed by atoms with Crippen molar-refractivity contribution in [3.05, 3.63) is 72.6 Å². The zero-order valence-electron chi connectivity index (χ0n) is 26.0. The molecule has 3 aliphatic rings. The molecule has 2 fully saturated rings. The van der Waals surface area contributed by atoms with E-state index in [1.165, 1.54) is 0 Å². The van der Waals surface area contributed by atoms with Gasteiger partial charge >= 0.3 is 6.01 Å². The number of rotatable bonds is 10. The van der Waals surface area contributed by atoms with E-state index >= 15 is 0 Å². The van der Waals surface area contributed by atoms with E-state index in [4.69, 9.17) is 19.4 Å². The first kappa shape index (κ1) is 31.6. The lowest BCUT2D eigenvalue weighted by Gasteiger charge is -2.43. The standard InChI is InChI=1S/C34H41N7O5/c1-3-24(2)41-15-14-39(21-26(41)9-11-35)32-29-10-13-38(31-20-27(42)19-25-7-4-5-8-28(25)31)22-30(29)36-33(37-32)46-17-6-12-40-16-18-45-23-34(40,43)44/h3-5,7-8,19-20,26,42-44H,1-2,6,9-10,12-18,21-23H2. The van der Waals surface area contributed by atoms with Crippen LogP contribution in [0.15, 0.2) is 61.3 Å². The van der Waals surface area contributed by atoms with Gasteiger partial charge in [-0.1, -0.05) is 37.4 Å². The van der Waals surface area contributed by atoms with Crippen molar-refractivity contribution >= 4 is 22.3 Å². The minimum Gasteiger partial charge on any atom is -0.508 e. The van der Waals surface area contributed by atoms with E-state index in [9.17, 15) is 20.6 Å². The molecule has 0 radical (unpaired) electrons. The normalized spacial score (nSPS) is 19.8. The van der Waals surface area contributed by atoms with Gasteiger partial charge in [0.05, 0.1) is 44.0 Å². The van der Waals surface area contributed by atoms with E-state index in [1.807, 2.05) is 18.2 Å². The maximum absolute atomic E-state index is 10.5. The van der Waals surface area contributed by atoms with Crippen LogP contribution in [0.3, 0.4) is 0 Å². The lowest BCUT2D eigenvalue weighted by molar-refractivity contribution is -0.310. The van der Waals surface area contributed by atoms with Crippen LogP contribution in [-0.4, -0.2) is 106 Å². The van der Waals surface area contributed by atoms with Gasteiger partial charge < -0.3 is 39.5 Å². The molecule has 1 aromatic heterocycles. The van der Waals surface area contributed by atoms with Crippen LogP contribution in [0, 0.1) is 11.3 Å². The van der Waals surface area contributed by atoms with Crippen LogP contribution in [-0.2, 0) is 17.7 Å². The van der Waals surface area contributed by atoms with Crippen LogP contribution in [0.2, 0.25) is 0 Å². The Balaban J connectivity index is 1.27. The van der Waals surface area contributed by atoms with Crippen molar-refractivity contribution in [2.45, 2.75) is 37.8 Å². The lowest BCUT2D eigenvalue weighted by Crippen LogP contribution is -2.57. The molecule has 0 spiro atoms. The fraction of sp³-hybridized carbons (Fsp3) is 0.441. The number of nitrogens with zero attached hydrogens (tertiary/aromatic N) is 7. The van der Waals surface area contributed by atoms with Gasteiger partial charge in [-0.2, -0.15) is 15.2 Å². The summed E-state index contributed by atoms with van der Waals surface area (Å²) in [4.78, 5) is 18.0. The number of hydrogen-bond acceptors (Lipinski definition) is 12. The highest BCUT2D eigenvalue weighted by Gasteiger charge is 2.35. The third-order valence-electron chi connectivity index (χ3n) is 9.01. The van der Waals surface area contributed by atoms with Crippen LogP contribution in [0.5, 0.6) is 11.8 Å². The number of benzene rings is 2. The summed E-state index contributed by atoms with van der Waals surface area (Å²) in [7, 11) is 0. The average molecular weight is 628 g/mol. The number of allylic oxidation sites excluding steroid dienone is 1. The molecule has 3 aliphatic heterocycles. The second kappa shape index (κ2) is 13.5. The summed E-state index contributed by atoms with van der Waals surface area (Å²) in [5, 5.41) is 42.6. The second-order valence-corrected chi connectivity index (χ2v) is 12.0. The van der Waals surface area contributed by atoms with E-state index < -0.39 is 5.91 Å². The summed E-state index contributed by atoms with van der Waals surface area (Å²) < 4.78 is 11.3. The minimum absolute atomic E-state index is 0.0660. The summed E-state index contributed by atoms with van der Waals surface area (Å²) in [5.74, 6) is -0.971. The topological polar surface area (TPSA) is 142 Å². The Labute approximate surface area is 269 Å². The van der Waals surface area contributed by atoms with Gasteiger partial charge in [0.1, 0.15) is 18.2 Å². The number of phenols is 1. The van der Waals surface area contributed by atoms with Gasteiger partial charge in [-0.15, -0.1) is 0 Å². The van der Waals surface area contributed by atoms with Gasteiger partial charge in [-0.3, -0.25) is 0 Å². The highest BCUT2D eigenvalue weighted by molar-refractivity contribution is 5.95. The monoisotopic (exact) mass is 627 g/mol. The molecule has 3 aromatic rings. The average Bonchev–Trinajstić information content (AvgIpc) is 3.06. The molecule has 0 bridgehead atoms. The van der Waals surface area contributed by atoms with Crippen LogP contribution >= 0.6 is 0 Å². The Morgan fingerprint density at radius 3 is 2.80 bits per heavy atom. The summed E-state index contributed by atoms with van der Waals surface area (Å²) in [6.07, 6.45) is 3.31. The Kier molecular flexibility index (Phi) is 9.28. The zero-order valence-corrected chi connectivity index (χ0v) is 26.0. The number of fused-ring (bicyclic) bond motifs is 2. The zero-order chi connectivity index (χ0) is 32.3. The summed E-state index contributed by atoms with van der Waals surface area (Å²) in [5.41, 5.74) is 3.65. The molecule has 1 unspecified atom stereocenters. The second-order valence-electron chi connectivity index (χ2n) is 12.0. The fourth-order valence-electron chi connectivity index (χ4n) is 6.64. The number of ether oxygens (including phenoxy) is 2. The van der Waals surface area contributed by atoms with Crippen LogP contribution in [0.4, 0.5) is 11.5 Å². The smallest absolute Gasteiger partial charge is 0.318 e.